The summed E-state index contributed by atoms with van der Waals surface area (Å²) in [6.45, 7) is 4.57. The molecule has 0 unspecified atom stereocenters. The molecule has 0 N–H and O–H groups in total. The maximum absolute atomic E-state index is 12.1. The smallest absolute Gasteiger partial charge is 0.311 e. The molecule has 2 aromatic rings. The number of ether oxygens (including phenoxy) is 2. The third-order valence-corrected chi connectivity index (χ3v) is 6.23. The fraction of sp³-hybridized carbons (Fsp3) is 0.567. The van der Waals surface area contributed by atoms with Crippen molar-refractivity contribution in [2.45, 2.75) is 77.7 Å². The lowest BCUT2D eigenvalue weighted by Gasteiger charge is -2.29. The predicted molar refractivity (Wildman–Crippen MR) is 141 cm³/mol. The van der Waals surface area contributed by atoms with Crippen LogP contribution >= 0.6 is 0 Å². The Morgan fingerprint density at radius 2 is 1.41 bits per heavy atom. The van der Waals surface area contributed by atoms with E-state index in [0.717, 1.165) is 29.7 Å². The van der Waals surface area contributed by atoms with Gasteiger partial charge in [0.1, 0.15) is 25.5 Å². The SMILES string of the molecule is CCCCCCCCCCc1ccc(OCCOC(=O)CC[N+](C)(C)Cc2ccccc2)cc1. The Hall–Kier alpha value is -2.33. The first-order valence-electron chi connectivity index (χ1n) is 13.2. The Morgan fingerprint density at radius 1 is 0.765 bits per heavy atom. The van der Waals surface area contributed by atoms with Crippen LogP contribution in [0.2, 0.25) is 0 Å². The summed E-state index contributed by atoms with van der Waals surface area (Å²) in [5.41, 5.74) is 2.64. The number of hydrogen-bond donors (Lipinski definition) is 0. The Balaban J connectivity index is 1.52. The predicted octanol–water partition coefficient (Wildman–Crippen LogP) is 6.96. The molecule has 0 atom stereocenters. The van der Waals surface area contributed by atoms with Crippen molar-refractivity contribution < 1.29 is 18.8 Å². The van der Waals surface area contributed by atoms with Crippen molar-refractivity contribution in [1.29, 1.82) is 0 Å². The summed E-state index contributed by atoms with van der Waals surface area (Å²) in [6.07, 6.45) is 12.3. The van der Waals surface area contributed by atoms with Gasteiger partial charge in [0.2, 0.25) is 0 Å². The average molecular weight is 469 g/mol. The summed E-state index contributed by atoms with van der Waals surface area (Å²) < 4.78 is 11.9. The van der Waals surface area contributed by atoms with Gasteiger partial charge in [-0.15, -0.1) is 0 Å². The Labute approximate surface area is 207 Å². The van der Waals surface area contributed by atoms with E-state index in [1.807, 2.05) is 18.2 Å². The maximum Gasteiger partial charge on any atom is 0.311 e. The van der Waals surface area contributed by atoms with Gasteiger partial charge >= 0.3 is 5.97 Å². The molecule has 0 aliphatic carbocycles. The highest BCUT2D eigenvalue weighted by Gasteiger charge is 2.18. The molecule has 4 nitrogen and oxygen atoms in total. The van der Waals surface area contributed by atoms with Gasteiger partial charge in [-0.3, -0.25) is 4.79 Å². The van der Waals surface area contributed by atoms with Crippen LogP contribution in [-0.4, -0.2) is 44.3 Å². The van der Waals surface area contributed by atoms with Crippen molar-refractivity contribution in [3.05, 3.63) is 65.7 Å². The number of carbonyl (C=O) groups excluding carboxylic acids is 1. The standard InChI is InChI=1S/C30H46NO3/c1-4-5-6-7-8-9-10-12-15-27-18-20-29(21-19-27)33-24-25-34-30(32)22-23-31(2,3)26-28-16-13-11-14-17-28/h11,13-14,16-21H,4-10,12,15,22-26H2,1-3H3/q+1. The molecule has 0 heterocycles. The lowest BCUT2D eigenvalue weighted by Crippen LogP contribution is -2.40. The van der Waals surface area contributed by atoms with Gasteiger partial charge in [0.05, 0.1) is 27.1 Å². The first-order chi connectivity index (χ1) is 16.5. The second-order valence-corrected chi connectivity index (χ2v) is 9.99. The minimum Gasteiger partial charge on any atom is -0.490 e. The molecule has 34 heavy (non-hydrogen) atoms. The van der Waals surface area contributed by atoms with E-state index in [4.69, 9.17) is 9.47 Å². The minimum absolute atomic E-state index is 0.163. The summed E-state index contributed by atoms with van der Waals surface area (Å²) in [6, 6.07) is 18.7. The summed E-state index contributed by atoms with van der Waals surface area (Å²) in [5, 5.41) is 0. The molecule has 0 aliphatic rings. The second-order valence-electron chi connectivity index (χ2n) is 9.99. The van der Waals surface area contributed by atoms with Gasteiger partial charge < -0.3 is 14.0 Å². The summed E-state index contributed by atoms with van der Waals surface area (Å²) in [7, 11) is 4.28. The molecule has 0 aromatic heterocycles. The number of aryl methyl sites for hydroxylation is 1. The number of benzene rings is 2. The number of nitrogens with zero attached hydrogens (tertiary/aromatic N) is 1. The van der Waals surface area contributed by atoms with Crippen molar-refractivity contribution in [2.75, 3.05) is 33.9 Å². The van der Waals surface area contributed by atoms with E-state index in [-0.39, 0.29) is 12.6 Å². The summed E-state index contributed by atoms with van der Waals surface area (Å²) >= 11 is 0. The van der Waals surface area contributed by atoms with Gasteiger partial charge in [-0.05, 0) is 30.5 Å². The number of quaternary nitrogens is 1. The highest BCUT2D eigenvalue weighted by molar-refractivity contribution is 5.69. The molecule has 188 valence electrons. The average Bonchev–Trinajstić information content (AvgIpc) is 2.83. The lowest BCUT2D eigenvalue weighted by molar-refractivity contribution is -0.903. The third kappa shape index (κ3) is 12.8. The van der Waals surface area contributed by atoms with Crippen molar-refractivity contribution >= 4 is 5.97 Å². The van der Waals surface area contributed by atoms with Crippen LogP contribution in [0, 0.1) is 0 Å². The maximum atomic E-state index is 12.1. The molecule has 4 heteroatoms. The monoisotopic (exact) mass is 468 g/mol. The molecule has 0 radical (unpaired) electrons. The van der Waals surface area contributed by atoms with Crippen LogP contribution in [0.25, 0.3) is 0 Å². The van der Waals surface area contributed by atoms with E-state index in [1.54, 1.807) is 0 Å². The normalized spacial score (nSPS) is 11.4. The van der Waals surface area contributed by atoms with Crippen LogP contribution in [0.15, 0.2) is 54.6 Å². The molecule has 2 rings (SSSR count). The van der Waals surface area contributed by atoms with Gasteiger partial charge in [-0.2, -0.15) is 0 Å². The first-order valence-corrected chi connectivity index (χ1v) is 13.2. The van der Waals surface area contributed by atoms with Gasteiger partial charge in [0, 0.05) is 5.56 Å². The Bertz CT molecular complexity index is 786. The van der Waals surface area contributed by atoms with Crippen molar-refractivity contribution in [1.82, 2.24) is 0 Å². The topological polar surface area (TPSA) is 35.5 Å². The molecular weight excluding hydrogens is 422 g/mol. The second kappa shape index (κ2) is 16.3. The lowest BCUT2D eigenvalue weighted by atomic mass is 10.0. The van der Waals surface area contributed by atoms with Crippen LogP contribution < -0.4 is 4.74 Å². The van der Waals surface area contributed by atoms with Crippen molar-refractivity contribution in [2.24, 2.45) is 0 Å². The molecule has 0 saturated carbocycles. The Morgan fingerprint density at radius 3 is 2.09 bits per heavy atom. The van der Waals surface area contributed by atoms with Crippen molar-refractivity contribution in [3.8, 4) is 5.75 Å². The zero-order valence-electron chi connectivity index (χ0n) is 21.8. The van der Waals surface area contributed by atoms with Crippen LogP contribution in [0.1, 0.15) is 75.8 Å². The van der Waals surface area contributed by atoms with E-state index in [0.29, 0.717) is 13.0 Å². The molecular formula is C30H46NO3+. The highest BCUT2D eigenvalue weighted by atomic mass is 16.6. The number of hydrogen-bond acceptors (Lipinski definition) is 3. The van der Waals surface area contributed by atoms with Gasteiger partial charge in [-0.1, -0.05) is 94.3 Å². The van der Waals surface area contributed by atoms with E-state index < -0.39 is 0 Å². The van der Waals surface area contributed by atoms with Crippen molar-refractivity contribution in [3.63, 3.8) is 0 Å². The molecule has 0 aliphatic heterocycles. The fourth-order valence-electron chi connectivity index (χ4n) is 4.15. The molecule has 0 bridgehead atoms. The van der Waals surface area contributed by atoms with Crippen LogP contribution in [-0.2, 0) is 22.5 Å². The van der Waals surface area contributed by atoms with E-state index in [9.17, 15) is 4.79 Å². The van der Waals surface area contributed by atoms with Gasteiger partial charge in [-0.25, -0.2) is 0 Å². The molecule has 2 aromatic carbocycles. The van der Waals surface area contributed by atoms with Crippen LogP contribution in [0.3, 0.4) is 0 Å². The minimum atomic E-state index is -0.163. The summed E-state index contributed by atoms with van der Waals surface area (Å²) in [4.78, 5) is 12.1. The quantitative estimate of drug-likeness (QED) is 0.135. The molecule has 0 saturated heterocycles. The number of rotatable bonds is 18. The fourth-order valence-corrected chi connectivity index (χ4v) is 4.15. The Kier molecular flexibility index (Phi) is 13.4. The first kappa shape index (κ1) is 27.9. The number of carbonyl (C=O) groups is 1. The highest BCUT2D eigenvalue weighted by Crippen LogP contribution is 2.16. The molecule has 0 spiro atoms. The molecule has 0 amide bonds. The van der Waals surface area contributed by atoms with Gasteiger partial charge in [0.25, 0.3) is 0 Å². The van der Waals surface area contributed by atoms with Crippen LogP contribution in [0.5, 0.6) is 5.75 Å². The number of unbranched alkanes of at least 4 members (excludes halogenated alkanes) is 7. The van der Waals surface area contributed by atoms with Crippen LogP contribution in [0.4, 0.5) is 0 Å². The third-order valence-electron chi connectivity index (χ3n) is 6.23. The van der Waals surface area contributed by atoms with E-state index in [1.165, 1.54) is 62.5 Å². The zero-order chi connectivity index (χ0) is 24.5. The van der Waals surface area contributed by atoms with E-state index in [2.05, 4.69) is 57.4 Å². The summed E-state index contributed by atoms with van der Waals surface area (Å²) in [5.74, 6) is 0.667. The van der Waals surface area contributed by atoms with E-state index >= 15 is 0 Å². The molecule has 0 fully saturated rings. The number of esters is 1. The van der Waals surface area contributed by atoms with Gasteiger partial charge in [0.15, 0.2) is 0 Å². The largest absolute Gasteiger partial charge is 0.490 e. The zero-order valence-corrected chi connectivity index (χ0v) is 21.8.